The van der Waals surface area contributed by atoms with Gasteiger partial charge in [-0.3, -0.25) is 4.79 Å². The molecule has 0 spiro atoms. The molecule has 0 saturated heterocycles. The number of amides is 1. The molecular weight excluding hydrogens is 243 g/mol. The second kappa shape index (κ2) is 7.24. The standard InChI is InChI=1S/C15H21FN2O/c16-13-7-4-8-14(9-13)18-15(19)11-17-10-12-5-2-1-3-6-12/h4,7-9,12,17H,1-3,5-6,10-11H2,(H,18,19). The molecule has 1 amide bonds. The summed E-state index contributed by atoms with van der Waals surface area (Å²) in [6.45, 7) is 1.18. The van der Waals surface area contributed by atoms with E-state index in [1.54, 1.807) is 12.1 Å². The first-order chi connectivity index (χ1) is 9.24. The minimum Gasteiger partial charge on any atom is -0.325 e. The Hall–Kier alpha value is -1.42. The number of rotatable bonds is 5. The fraction of sp³-hybridized carbons (Fsp3) is 0.533. The van der Waals surface area contributed by atoms with Crippen molar-refractivity contribution in [3.8, 4) is 0 Å². The van der Waals surface area contributed by atoms with Crippen LogP contribution in [0.4, 0.5) is 10.1 Å². The highest BCUT2D eigenvalue weighted by Gasteiger charge is 2.13. The average Bonchev–Trinajstić information content (AvgIpc) is 2.40. The molecule has 0 unspecified atom stereocenters. The van der Waals surface area contributed by atoms with E-state index in [0.29, 0.717) is 11.6 Å². The van der Waals surface area contributed by atoms with Crippen molar-refractivity contribution in [3.05, 3.63) is 30.1 Å². The van der Waals surface area contributed by atoms with E-state index in [1.807, 2.05) is 0 Å². The molecule has 1 aromatic rings. The average molecular weight is 264 g/mol. The smallest absolute Gasteiger partial charge is 0.238 e. The van der Waals surface area contributed by atoms with Gasteiger partial charge in [0.05, 0.1) is 6.54 Å². The molecule has 0 aliphatic heterocycles. The number of hydrogen-bond donors (Lipinski definition) is 2. The molecule has 0 heterocycles. The van der Waals surface area contributed by atoms with Crippen molar-refractivity contribution in [2.75, 3.05) is 18.4 Å². The highest BCUT2D eigenvalue weighted by atomic mass is 19.1. The number of anilines is 1. The van der Waals surface area contributed by atoms with Gasteiger partial charge in [-0.1, -0.05) is 25.3 Å². The van der Waals surface area contributed by atoms with Crippen molar-refractivity contribution in [2.24, 2.45) is 5.92 Å². The summed E-state index contributed by atoms with van der Waals surface area (Å²) in [7, 11) is 0. The van der Waals surface area contributed by atoms with Crippen LogP contribution in [0.1, 0.15) is 32.1 Å². The first kappa shape index (κ1) is 14.0. The van der Waals surface area contributed by atoms with E-state index in [1.165, 1.54) is 44.2 Å². The molecule has 4 heteroatoms. The number of nitrogens with one attached hydrogen (secondary N) is 2. The third-order valence-corrected chi connectivity index (χ3v) is 3.55. The summed E-state index contributed by atoms with van der Waals surface area (Å²) in [6, 6.07) is 5.94. The maximum Gasteiger partial charge on any atom is 0.238 e. The number of benzene rings is 1. The molecule has 1 aromatic carbocycles. The van der Waals surface area contributed by atoms with Gasteiger partial charge in [0.15, 0.2) is 0 Å². The third-order valence-electron chi connectivity index (χ3n) is 3.55. The first-order valence-electron chi connectivity index (χ1n) is 7.00. The van der Waals surface area contributed by atoms with Crippen LogP contribution in [-0.2, 0) is 4.79 Å². The minimum absolute atomic E-state index is 0.124. The fourth-order valence-corrected chi connectivity index (χ4v) is 2.55. The molecule has 0 atom stereocenters. The van der Waals surface area contributed by atoms with Crippen LogP contribution in [0.15, 0.2) is 24.3 Å². The predicted octanol–water partition coefficient (Wildman–Crippen LogP) is 2.93. The van der Waals surface area contributed by atoms with Gasteiger partial charge in [0, 0.05) is 5.69 Å². The van der Waals surface area contributed by atoms with Crippen molar-refractivity contribution in [3.63, 3.8) is 0 Å². The molecule has 19 heavy (non-hydrogen) atoms. The maximum atomic E-state index is 12.9. The highest BCUT2D eigenvalue weighted by molar-refractivity contribution is 5.92. The summed E-state index contributed by atoms with van der Waals surface area (Å²) in [5, 5.41) is 5.86. The Kier molecular flexibility index (Phi) is 5.33. The molecule has 1 aliphatic carbocycles. The first-order valence-corrected chi connectivity index (χ1v) is 7.00. The zero-order valence-electron chi connectivity index (χ0n) is 11.1. The van der Waals surface area contributed by atoms with E-state index in [4.69, 9.17) is 0 Å². The predicted molar refractivity (Wildman–Crippen MR) is 74.5 cm³/mol. The quantitative estimate of drug-likeness (QED) is 0.858. The third kappa shape index (κ3) is 4.99. The van der Waals surface area contributed by atoms with Gasteiger partial charge in [-0.05, 0) is 43.5 Å². The highest BCUT2D eigenvalue weighted by Crippen LogP contribution is 2.22. The van der Waals surface area contributed by atoms with Gasteiger partial charge in [0.25, 0.3) is 0 Å². The lowest BCUT2D eigenvalue weighted by Gasteiger charge is -2.21. The van der Waals surface area contributed by atoms with Crippen molar-refractivity contribution < 1.29 is 9.18 Å². The van der Waals surface area contributed by atoms with E-state index in [0.717, 1.165) is 6.54 Å². The van der Waals surface area contributed by atoms with Crippen molar-refractivity contribution in [1.29, 1.82) is 0 Å². The van der Waals surface area contributed by atoms with Crippen LogP contribution in [0.25, 0.3) is 0 Å². The fourth-order valence-electron chi connectivity index (χ4n) is 2.55. The Bertz CT molecular complexity index is 416. The molecule has 2 N–H and O–H groups in total. The summed E-state index contributed by atoms with van der Waals surface area (Å²) >= 11 is 0. The number of hydrogen-bond acceptors (Lipinski definition) is 2. The number of halogens is 1. The number of carbonyl (C=O) groups is 1. The van der Waals surface area contributed by atoms with Gasteiger partial charge in [-0.2, -0.15) is 0 Å². The summed E-state index contributed by atoms with van der Waals surface area (Å²) in [4.78, 5) is 11.7. The molecular formula is C15H21FN2O. The lowest BCUT2D eigenvalue weighted by atomic mass is 9.89. The zero-order valence-corrected chi connectivity index (χ0v) is 11.1. The molecule has 0 aromatic heterocycles. The van der Waals surface area contributed by atoms with Gasteiger partial charge >= 0.3 is 0 Å². The van der Waals surface area contributed by atoms with Gasteiger partial charge in [-0.25, -0.2) is 4.39 Å². The zero-order chi connectivity index (χ0) is 13.5. The molecule has 2 rings (SSSR count). The SMILES string of the molecule is O=C(CNCC1CCCCC1)Nc1cccc(F)c1. The Labute approximate surface area is 113 Å². The molecule has 3 nitrogen and oxygen atoms in total. The molecule has 0 radical (unpaired) electrons. The van der Waals surface area contributed by atoms with Crippen molar-refractivity contribution in [2.45, 2.75) is 32.1 Å². The summed E-state index contributed by atoms with van der Waals surface area (Å²) in [6.07, 6.45) is 6.48. The van der Waals surface area contributed by atoms with Crippen molar-refractivity contribution in [1.82, 2.24) is 5.32 Å². The number of carbonyl (C=O) groups excluding carboxylic acids is 1. The monoisotopic (exact) mass is 264 g/mol. The van der Waals surface area contributed by atoms with Crippen LogP contribution >= 0.6 is 0 Å². The topological polar surface area (TPSA) is 41.1 Å². The lowest BCUT2D eigenvalue weighted by molar-refractivity contribution is -0.115. The van der Waals surface area contributed by atoms with Crippen LogP contribution in [0, 0.1) is 11.7 Å². The molecule has 1 saturated carbocycles. The van der Waals surface area contributed by atoms with Crippen LogP contribution in [0.2, 0.25) is 0 Å². The summed E-state index contributed by atoms with van der Waals surface area (Å²) in [5.41, 5.74) is 0.504. The Balaban J connectivity index is 1.67. The van der Waals surface area contributed by atoms with Crippen LogP contribution in [-0.4, -0.2) is 19.0 Å². The van der Waals surface area contributed by atoms with Crippen molar-refractivity contribution >= 4 is 11.6 Å². The minimum atomic E-state index is -0.340. The van der Waals surface area contributed by atoms with Crippen LogP contribution < -0.4 is 10.6 Å². The summed E-state index contributed by atoms with van der Waals surface area (Å²) < 4.78 is 12.9. The molecule has 1 aliphatic rings. The van der Waals surface area contributed by atoms with Crippen LogP contribution in [0.3, 0.4) is 0 Å². The normalized spacial score (nSPS) is 16.3. The molecule has 1 fully saturated rings. The second-order valence-corrected chi connectivity index (χ2v) is 5.19. The van der Waals surface area contributed by atoms with Gasteiger partial charge in [0.2, 0.25) is 5.91 Å². The Morgan fingerprint density at radius 3 is 2.79 bits per heavy atom. The van der Waals surface area contributed by atoms with Gasteiger partial charge < -0.3 is 10.6 Å². The van der Waals surface area contributed by atoms with E-state index in [9.17, 15) is 9.18 Å². The summed E-state index contributed by atoms with van der Waals surface area (Å²) in [5.74, 6) is 0.241. The maximum absolute atomic E-state index is 12.9. The lowest BCUT2D eigenvalue weighted by Crippen LogP contribution is -2.32. The van der Waals surface area contributed by atoms with E-state index < -0.39 is 0 Å². The Morgan fingerprint density at radius 2 is 2.05 bits per heavy atom. The van der Waals surface area contributed by atoms with E-state index in [-0.39, 0.29) is 18.3 Å². The molecule has 0 bridgehead atoms. The largest absolute Gasteiger partial charge is 0.325 e. The van der Waals surface area contributed by atoms with Crippen LogP contribution in [0.5, 0.6) is 0 Å². The molecule has 104 valence electrons. The Morgan fingerprint density at radius 1 is 1.26 bits per heavy atom. The second-order valence-electron chi connectivity index (χ2n) is 5.19. The van der Waals surface area contributed by atoms with Gasteiger partial charge in [0.1, 0.15) is 5.82 Å². The van der Waals surface area contributed by atoms with Gasteiger partial charge in [-0.15, -0.1) is 0 Å². The van der Waals surface area contributed by atoms with E-state index in [2.05, 4.69) is 10.6 Å². The van der Waals surface area contributed by atoms with E-state index >= 15 is 0 Å².